The number of aromatic nitrogens is 4. The Labute approximate surface area is 251 Å². The van der Waals surface area contributed by atoms with Gasteiger partial charge in [-0.05, 0) is 63.1 Å². The average Bonchev–Trinajstić information content (AvgIpc) is 3.35. The lowest BCUT2D eigenvalue weighted by Crippen LogP contribution is -2.37. The molecule has 2 aromatic heterocycles. The van der Waals surface area contributed by atoms with Gasteiger partial charge in [0.1, 0.15) is 35.7 Å². The van der Waals surface area contributed by atoms with E-state index in [9.17, 15) is 22.5 Å². The lowest BCUT2D eigenvalue weighted by molar-refractivity contribution is -0.274. The molecule has 0 saturated carbocycles. The number of nitrogen functional groups attached to an aromatic ring is 1. The van der Waals surface area contributed by atoms with Gasteiger partial charge in [0.15, 0.2) is 11.5 Å². The maximum atomic E-state index is 14.0. The molecule has 2 heterocycles. The molecule has 0 aliphatic rings. The lowest BCUT2D eigenvalue weighted by atomic mass is 10.1. The summed E-state index contributed by atoms with van der Waals surface area (Å²) in [6.07, 6.45) is -3.19. The highest BCUT2D eigenvalue weighted by atomic mass is 31.2. The summed E-state index contributed by atoms with van der Waals surface area (Å²) in [6.45, 7) is 6.95. The molecule has 2 aromatic carbocycles. The van der Waals surface area contributed by atoms with Crippen molar-refractivity contribution in [2.24, 2.45) is 0 Å². The quantitative estimate of drug-likeness (QED) is 0.141. The van der Waals surface area contributed by atoms with Gasteiger partial charge in [-0.25, -0.2) is 20.0 Å². The molecule has 4 aromatic rings. The van der Waals surface area contributed by atoms with Crippen molar-refractivity contribution in [2.75, 3.05) is 12.1 Å². The topological polar surface area (TPSA) is 153 Å². The number of halogens is 3. The molecule has 0 amide bonds. The SMILES string of the molecule is CC(C)OC(=O)[C@H](C)NP(=O)(CO[C@H](C)Cn1cnc2c(N)ncnc21)Oc1ccc(-c2ccc(OC(F)(F)F)cc2)cc1. The second kappa shape index (κ2) is 13.6. The molecule has 44 heavy (non-hydrogen) atoms. The van der Waals surface area contributed by atoms with Gasteiger partial charge < -0.3 is 29.0 Å². The highest BCUT2D eigenvalue weighted by molar-refractivity contribution is 7.57. The summed E-state index contributed by atoms with van der Waals surface area (Å²) >= 11 is 0. The lowest BCUT2D eigenvalue weighted by Gasteiger charge is -2.25. The van der Waals surface area contributed by atoms with Crippen LogP contribution in [0, 0.1) is 0 Å². The van der Waals surface area contributed by atoms with E-state index < -0.39 is 38.3 Å². The fourth-order valence-electron chi connectivity index (χ4n) is 4.09. The van der Waals surface area contributed by atoms with Gasteiger partial charge in [-0.3, -0.25) is 9.36 Å². The number of nitrogens with zero attached hydrogens (tertiary/aromatic N) is 4. The third-order valence-corrected chi connectivity index (χ3v) is 7.81. The molecule has 0 fully saturated rings. The van der Waals surface area contributed by atoms with Crippen LogP contribution in [0.4, 0.5) is 19.0 Å². The highest BCUT2D eigenvalue weighted by Gasteiger charge is 2.32. The molecule has 0 spiro atoms. The first-order chi connectivity index (χ1) is 20.7. The first-order valence-electron chi connectivity index (χ1n) is 13.5. The molecule has 3 N–H and O–H groups in total. The zero-order chi connectivity index (χ0) is 32.1. The summed E-state index contributed by atoms with van der Waals surface area (Å²) in [7, 11) is -3.87. The van der Waals surface area contributed by atoms with Crippen molar-refractivity contribution < 1.29 is 41.3 Å². The van der Waals surface area contributed by atoms with Crippen molar-refractivity contribution in [3.63, 3.8) is 0 Å². The molecule has 0 bridgehead atoms. The standard InChI is InChI=1S/C28H32F3N6O6P/c1-17(2)41-27(38)19(4)36-44(39,16-40-18(3)13-37-15-35-24-25(32)33-14-34-26(24)37)43-23-11-7-21(8-12-23)20-5-9-22(10-6-20)42-28(29,30)31/h5-12,14-15,17-19H,13,16H2,1-4H3,(H,36,39)(H2,32,33,34)/t18-,19+,44?/m1/s1. The van der Waals surface area contributed by atoms with E-state index in [0.717, 1.165) is 0 Å². The van der Waals surface area contributed by atoms with Crippen LogP contribution >= 0.6 is 7.52 Å². The Morgan fingerprint density at radius 3 is 2.18 bits per heavy atom. The number of rotatable bonds is 13. The monoisotopic (exact) mass is 636 g/mol. The summed E-state index contributed by atoms with van der Waals surface area (Å²) in [5, 5.41) is 2.74. The fraction of sp³-hybridized carbons (Fsp3) is 0.357. The zero-order valence-corrected chi connectivity index (χ0v) is 25.2. The molecule has 0 saturated heterocycles. The number of hydrogen-bond acceptors (Lipinski definition) is 10. The summed E-state index contributed by atoms with van der Waals surface area (Å²) in [5.41, 5.74) is 8.10. The number of hydrogen-bond donors (Lipinski definition) is 2. The first kappa shape index (κ1) is 32.7. The Hall–Kier alpha value is -4.20. The normalized spacial score (nSPS) is 14.6. The maximum Gasteiger partial charge on any atom is 0.573 e. The molecule has 16 heteroatoms. The summed E-state index contributed by atoms with van der Waals surface area (Å²) in [4.78, 5) is 24.8. The van der Waals surface area contributed by atoms with E-state index in [2.05, 4.69) is 24.8 Å². The second-order valence-corrected chi connectivity index (χ2v) is 12.2. The van der Waals surface area contributed by atoms with Crippen molar-refractivity contribution >= 4 is 30.5 Å². The third-order valence-electron chi connectivity index (χ3n) is 6.04. The van der Waals surface area contributed by atoms with Crippen LogP contribution in [0.5, 0.6) is 11.5 Å². The minimum atomic E-state index is -4.79. The van der Waals surface area contributed by atoms with Gasteiger partial charge in [0.05, 0.1) is 25.1 Å². The van der Waals surface area contributed by atoms with Crippen molar-refractivity contribution in [1.82, 2.24) is 24.6 Å². The van der Waals surface area contributed by atoms with E-state index in [-0.39, 0.29) is 23.4 Å². The van der Waals surface area contributed by atoms with Crippen LogP contribution in [0.15, 0.2) is 61.2 Å². The van der Waals surface area contributed by atoms with Crippen molar-refractivity contribution in [2.45, 2.75) is 58.9 Å². The van der Waals surface area contributed by atoms with Crippen molar-refractivity contribution in [3.05, 3.63) is 61.2 Å². The smallest absolute Gasteiger partial charge is 0.462 e. The van der Waals surface area contributed by atoms with Gasteiger partial charge in [-0.2, -0.15) is 0 Å². The average molecular weight is 637 g/mol. The number of nitrogens with two attached hydrogens (primary N) is 1. The Kier molecular flexibility index (Phi) is 10.1. The van der Waals surface area contributed by atoms with Gasteiger partial charge >= 0.3 is 19.9 Å². The molecule has 0 aliphatic carbocycles. The minimum Gasteiger partial charge on any atom is -0.462 e. The summed E-state index contributed by atoms with van der Waals surface area (Å²) in [5.74, 6) is -0.515. The number of benzene rings is 2. The second-order valence-electron chi connectivity index (χ2n) is 10.1. The molecule has 12 nitrogen and oxygen atoms in total. The van der Waals surface area contributed by atoms with E-state index in [0.29, 0.717) is 28.8 Å². The number of esters is 1. The molecule has 236 valence electrons. The molecular formula is C28H32F3N6O6P. The van der Waals surface area contributed by atoms with E-state index >= 15 is 0 Å². The highest BCUT2D eigenvalue weighted by Crippen LogP contribution is 2.44. The summed E-state index contributed by atoms with van der Waals surface area (Å²) in [6, 6.07) is 10.8. The zero-order valence-electron chi connectivity index (χ0n) is 24.3. The number of carbonyl (C=O) groups excluding carboxylic acids is 1. The van der Waals surface area contributed by atoms with Crippen LogP contribution in [0.25, 0.3) is 22.3 Å². The van der Waals surface area contributed by atoms with Crippen molar-refractivity contribution in [1.29, 1.82) is 0 Å². The van der Waals surface area contributed by atoms with E-state index in [1.54, 1.807) is 55.9 Å². The molecule has 0 aliphatic heterocycles. The number of nitrogens with one attached hydrogen (secondary N) is 1. The number of carbonyl (C=O) groups is 1. The van der Waals surface area contributed by atoms with Gasteiger partial charge in [-0.1, -0.05) is 24.3 Å². The number of anilines is 1. The third kappa shape index (κ3) is 8.91. The molecule has 4 rings (SSSR count). The number of fused-ring (bicyclic) bond motifs is 1. The molecule has 1 unspecified atom stereocenters. The predicted molar refractivity (Wildman–Crippen MR) is 156 cm³/mol. The van der Waals surface area contributed by atoms with Crippen LogP contribution in [0.3, 0.4) is 0 Å². The van der Waals surface area contributed by atoms with E-state index in [1.807, 2.05) is 0 Å². The van der Waals surface area contributed by atoms with Crippen molar-refractivity contribution in [3.8, 4) is 22.6 Å². The predicted octanol–water partition coefficient (Wildman–Crippen LogP) is 5.54. The van der Waals surface area contributed by atoms with Crippen LogP contribution in [-0.2, 0) is 25.4 Å². The Morgan fingerprint density at radius 1 is 0.977 bits per heavy atom. The molecule has 3 atom stereocenters. The van der Waals surface area contributed by atoms with Crippen LogP contribution < -0.4 is 20.1 Å². The summed E-state index contributed by atoms with van der Waals surface area (Å²) < 4.78 is 74.1. The Balaban J connectivity index is 1.47. The molecular weight excluding hydrogens is 604 g/mol. The van der Waals surface area contributed by atoms with Crippen LogP contribution in [0.1, 0.15) is 27.7 Å². The number of imidazole rings is 1. The van der Waals surface area contributed by atoms with Gasteiger partial charge in [-0.15, -0.1) is 13.2 Å². The van der Waals surface area contributed by atoms with E-state index in [1.165, 1.54) is 37.5 Å². The number of ether oxygens (including phenoxy) is 3. The maximum absolute atomic E-state index is 14.0. The van der Waals surface area contributed by atoms with Gasteiger partial charge in [0.25, 0.3) is 0 Å². The van der Waals surface area contributed by atoms with Crippen LogP contribution in [-0.4, -0.2) is 56.4 Å². The van der Waals surface area contributed by atoms with Crippen LogP contribution in [0.2, 0.25) is 0 Å². The van der Waals surface area contributed by atoms with E-state index in [4.69, 9.17) is 19.7 Å². The Morgan fingerprint density at radius 2 is 1.59 bits per heavy atom. The largest absolute Gasteiger partial charge is 0.573 e. The minimum absolute atomic E-state index is 0.204. The van der Waals surface area contributed by atoms with Gasteiger partial charge in [0, 0.05) is 0 Å². The fourth-order valence-corrected chi connectivity index (χ4v) is 5.88. The van der Waals surface area contributed by atoms with Gasteiger partial charge in [0.2, 0.25) is 0 Å². The Bertz CT molecular complexity index is 1620. The first-order valence-corrected chi connectivity index (χ1v) is 15.3. The molecule has 0 radical (unpaired) electrons. The number of alkyl halides is 3.